The van der Waals surface area contributed by atoms with Gasteiger partial charge in [0.05, 0.1) is 19.5 Å². The van der Waals surface area contributed by atoms with Crippen LogP contribution in [0.2, 0.25) is 20.1 Å². The molecular formula is C45H50Cl4N6O5. The number of primary amides is 1. The second-order valence-corrected chi connectivity index (χ2v) is 16.5. The molecule has 1 saturated heterocycles. The number of unbranched alkanes of at least 4 members (excludes halogenated alkanes) is 1. The van der Waals surface area contributed by atoms with Crippen LogP contribution < -0.4 is 16.8 Å². The van der Waals surface area contributed by atoms with E-state index >= 15 is 0 Å². The van der Waals surface area contributed by atoms with Crippen molar-refractivity contribution in [1.82, 2.24) is 20.0 Å². The van der Waals surface area contributed by atoms with Crippen LogP contribution in [-0.4, -0.2) is 95.6 Å². The van der Waals surface area contributed by atoms with Crippen LogP contribution in [0.4, 0.5) is 0 Å². The van der Waals surface area contributed by atoms with Gasteiger partial charge in [0.1, 0.15) is 12.1 Å². The van der Waals surface area contributed by atoms with Crippen molar-refractivity contribution < 1.29 is 24.0 Å². The molecule has 0 spiro atoms. The minimum Gasteiger partial charge on any atom is -0.368 e. The van der Waals surface area contributed by atoms with Crippen LogP contribution in [0, 0.1) is 0 Å². The van der Waals surface area contributed by atoms with Crippen LogP contribution in [0.1, 0.15) is 60.3 Å². The Kier molecular flexibility index (Phi) is 17.6. The average Bonchev–Trinajstić information content (AvgIpc) is 3.22. The second kappa shape index (κ2) is 22.8. The van der Waals surface area contributed by atoms with E-state index in [2.05, 4.69) is 5.32 Å². The van der Waals surface area contributed by atoms with Gasteiger partial charge < -0.3 is 31.5 Å². The highest BCUT2D eigenvalue weighted by atomic mass is 35.5. The number of hydrogen-bond donors (Lipinski definition) is 3. The Morgan fingerprint density at radius 2 is 1.35 bits per heavy atom. The quantitative estimate of drug-likeness (QED) is 0.0794. The molecule has 5 amide bonds. The lowest BCUT2D eigenvalue weighted by molar-refractivity contribution is -0.158. The highest BCUT2D eigenvalue weighted by Crippen LogP contribution is 2.30. The number of halogens is 4. The molecule has 0 radical (unpaired) electrons. The first kappa shape index (κ1) is 46.4. The Morgan fingerprint density at radius 3 is 1.90 bits per heavy atom. The van der Waals surface area contributed by atoms with Gasteiger partial charge in [0, 0.05) is 45.6 Å². The SMILES string of the molecule is NCCCCC(NC(=O)CN(CCc1ccc(Cl)cc1Cl)C(=O)CC1C(=O)N(CCc2ccc(Cl)cc2Cl)CC(=O)N1CCC(c1ccccc1)c1ccccc1)C(N)=O. The number of nitrogens with two attached hydrogens (primary N) is 2. The molecule has 1 aliphatic heterocycles. The third-order valence-electron chi connectivity index (χ3n) is 10.7. The van der Waals surface area contributed by atoms with Crippen molar-refractivity contribution in [3.05, 3.63) is 139 Å². The van der Waals surface area contributed by atoms with E-state index < -0.39 is 48.7 Å². The molecule has 0 aliphatic carbocycles. The summed E-state index contributed by atoms with van der Waals surface area (Å²) in [5.41, 5.74) is 14.8. The first-order chi connectivity index (χ1) is 28.8. The van der Waals surface area contributed by atoms with E-state index in [1.165, 1.54) is 14.7 Å². The lowest BCUT2D eigenvalue weighted by Crippen LogP contribution is -2.61. The summed E-state index contributed by atoms with van der Waals surface area (Å²) in [6, 6.07) is 27.8. The van der Waals surface area contributed by atoms with Crippen molar-refractivity contribution in [2.24, 2.45) is 11.5 Å². The fourth-order valence-electron chi connectivity index (χ4n) is 7.42. The topological polar surface area (TPSA) is 159 Å². The van der Waals surface area contributed by atoms with E-state index in [0.717, 1.165) is 16.7 Å². The highest BCUT2D eigenvalue weighted by molar-refractivity contribution is 6.35. The maximum Gasteiger partial charge on any atom is 0.246 e. The number of amides is 5. The van der Waals surface area contributed by atoms with Gasteiger partial charge in [-0.05, 0) is 91.6 Å². The highest BCUT2D eigenvalue weighted by Gasteiger charge is 2.41. The van der Waals surface area contributed by atoms with Crippen LogP contribution in [0.3, 0.4) is 0 Å². The minimum absolute atomic E-state index is 0.0275. The molecule has 1 aliphatic rings. The molecule has 60 heavy (non-hydrogen) atoms. The number of nitrogens with one attached hydrogen (secondary N) is 1. The molecule has 2 unspecified atom stereocenters. The molecule has 0 bridgehead atoms. The zero-order valence-corrected chi connectivity index (χ0v) is 36.2. The Bertz CT molecular complexity index is 2070. The number of nitrogens with zero attached hydrogens (tertiary/aromatic N) is 3. The monoisotopic (exact) mass is 894 g/mol. The summed E-state index contributed by atoms with van der Waals surface area (Å²) in [6.07, 6.45) is 2.14. The molecule has 11 nitrogen and oxygen atoms in total. The molecule has 4 aromatic rings. The van der Waals surface area contributed by atoms with Gasteiger partial charge in [-0.2, -0.15) is 0 Å². The molecule has 5 N–H and O–H groups in total. The van der Waals surface area contributed by atoms with Gasteiger partial charge in [-0.15, -0.1) is 0 Å². The first-order valence-electron chi connectivity index (χ1n) is 20.0. The van der Waals surface area contributed by atoms with Crippen LogP contribution in [0.5, 0.6) is 0 Å². The van der Waals surface area contributed by atoms with E-state index in [1.807, 2.05) is 60.7 Å². The number of piperazine rings is 1. The van der Waals surface area contributed by atoms with Crippen LogP contribution >= 0.6 is 46.4 Å². The predicted octanol–water partition coefficient (Wildman–Crippen LogP) is 6.66. The first-order valence-corrected chi connectivity index (χ1v) is 21.5. The summed E-state index contributed by atoms with van der Waals surface area (Å²) < 4.78 is 0. The maximum absolute atomic E-state index is 14.5. The van der Waals surface area contributed by atoms with Gasteiger partial charge in [-0.3, -0.25) is 24.0 Å². The van der Waals surface area contributed by atoms with E-state index in [4.69, 9.17) is 57.9 Å². The van der Waals surface area contributed by atoms with Gasteiger partial charge in [0.25, 0.3) is 0 Å². The van der Waals surface area contributed by atoms with Gasteiger partial charge in [0.2, 0.25) is 29.5 Å². The Hall–Kier alpha value is -4.65. The molecule has 2 atom stereocenters. The van der Waals surface area contributed by atoms with Crippen molar-refractivity contribution >= 4 is 75.9 Å². The second-order valence-electron chi connectivity index (χ2n) is 14.8. The fourth-order valence-corrected chi connectivity index (χ4v) is 8.43. The van der Waals surface area contributed by atoms with Crippen molar-refractivity contribution in [2.75, 3.05) is 39.3 Å². The smallest absolute Gasteiger partial charge is 0.246 e. The van der Waals surface area contributed by atoms with Crippen molar-refractivity contribution in [2.45, 2.75) is 62.9 Å². The van der Waals surface area contributed by atoms with Gasteiger partial charge in [-0.25, -0.2) is 0 Å². The third-order valence-corrected chi connectivity index (χ3v) is 11.9. The summed E-state index contributed by atoms with van der Waals surface area (Å²) in [6.45, 7) is 0.163. The Labute approximate surface area is 371 Å². The number of carbonyl (C=O) groups excluding carboxylic acids is 5. The summed E-state index contributed by atoms with van der Waals surface area (Å²) in [5, 5.41) is 4.40. The van der Waals surface area contributed by atoms with Crippen LogP contribution in [0.15, 0.2) is 97.1 Å². The molecule has 1 heterocycles. The molecule has 318 valence electrons. The minimum atomic E-state index is -1.18. The van der Waals surface area contributed by atoms with Crippen molar-refractivity contribution in [3.8, 4) is 0 Å². The fraction of sp³-hybridized carbons (Fsp3) is 0.356. The third kappa shape index (κ3) is 13.2. The summed E-state index contributed by atoms with van der Waals surface area (Å²) >= 11 is 25.2. The standard InChI is InChI=1S/C45H50Cl4N6O5/c46-34-16-14-32(37(48)25-34)18-22-53(28-41(56)52-39(44(51)59)13-7-8-21-50)42(57)27-40-45(60)54(23-19-33-15-17-35(47)26-38(33)49)29-43(58)55(40)24-20-36(30-9-3-1-4-10-30)31-11-5-2-6-12-31/h1-6,9-12,14-17,25-26,36,39-40H,7-8,13,18-24,27-29,50H2,(H2,51,59)(H,52,56). The number of benzene rings is 4. The molecule has 4 aromatic carbocycles. The number of carbonyl (C=O) groups is 5. The van der Waals surface area contributed by atoms with E-state index in [9.17, 15) is 24.0 Å². The molecule has 0 saturated carbocycles. The van der Waals surface area contributed by atoms with Crippen molar-refractivity contribution in [1.29, 1.82) is 0 Å². The van der Waals surface area contributed by atoms with Crippen LogP contribution in [0.25, 0.3) is 0 Å². The Balaban J connectivity index is 1.43. The maximum atomic E-state index is 14.5. The average molecular weight is 897 g/mol. The van der Waals surface area contributed by atoms with Crippen LogP contribution in [-0.2, 0) is 36.8 Å². The largest absolute Gasteiger partial charge is 0.368 e. The van der Waals surface area contributed by atoms with E-state index in [1.54, 1.807) is 36.4 Å². The zero-order valence-electron chi connectivity index (χ0n) is 33.2. The Morgan fingerprint density at radius 1 is 0.767 bits per heavy atom. The van der Waals surface area contributed by atoms with Gasteiger partial charge in [0.15, 0.2) is 0 Å². The molecule has 15 heteroatoms. The summed E-state index contributed by atoms with van der Waals surface area (Å²) in [4.78, 5) is 73.3. The lowest BCUT2D eigenvalue weighted by Gasteiger charge is -2.41. The van der Waals surface area contributed by atoms with Gasteiger partial charge >= 0.3 is 0 Å². The summed E-state index contributed by atoms with van der Waals surface area (Å²) in [7, 11) is 0. The van der Waals surface area contributed by atoms with E-state index in [0.29, 0.717) is 57.9 Å². The normalized spacial score (nSPS) is 14.7. The molecular weight excluding hydrogens is 846 g/mol. The molecule has 5 rings (SSSR count). The zero-order chi connectivity index (χ0) is 43.2. The van der Waals surface area contributed by atoms with Crippen molar-refractivity contribution in [3.63, 3.8) is 0 Å². The summed E-state index contributed by atoms with van der Waals surface area (Å²) in [5.74, 6) is -2.69. The predicted molar refractivity (Wildman–Crippen MR) is 237 cm³/mol. The lowest BCUT2D eigenvalue weighted by atomic mass is 9.88. The molecule has 0 aromatic heterocycles. The van der Waals surface area contributed by atoms with E-state index in [-0.39, 0.29) is 50.8 Å². The number of hydrogen-bond acceptors (Lipinski definition) is 6. The number of rotatable bonds is 21. The van der Waals surface area contributed by atoms with Gasteiger partial charge in [-0.1, -0.05) is 119 Å². The molecule has 1 fully saturated rings.